The zero-order chi connectivity index (χ0) is 15.0. The molecule has 0 radical (unpaired) electrons. The van der Waals surface area contributed by atoms with Gasteiger partial charge >= 0.3 is 5.97 Å². The number of hydrogen-bond acceptors (Lipinski definition) is 3. The number of unbranched alkanes of at least 4 members (excludes halogenated alkanes) is 2. The molecule has 0 aromatic heterocycles. The third kappa shape index (κ3) is 5.04. The molecule has 1 aromatic carbocycles. The van der Waals surface area contributed by atoms with Gasteiger partial charge in [-0.05, 0) is 34.8 Å². The molecule has 0 saturated heterocycles. The summed E-state index contributed by atoms with van der Waals surface area (Å²) in [5.74, 6) is -0.0304. The summed E-state index contributed by atoms with van der Waals surface area (Å²) in [4.78, 5) is 11.3. The van der Waals surface area contributed by atoms with Crippen molar-refractivity contribution in [3.63, 3.8) is 0 Å². The minimum absolute atomic E-state index is 0.143. The lowest BCUT2D eigenvalue weighted by atomic mass is 10.2. The van der Waals surface area contributed by atoms with Crippen LogP contribution in [0.2, 0.25) is 0 Å². The number of benzene rings is 1. The van der Waals surface area contributed by atoms with Crippen LogP contribution in [-0.2, 0) is 0 Å². The van der Waals surface area contributed by atoms with E-state index in [1.54, 1.807) is 12.1 Å². The van der Waals surface area contributed by atoms with Crippen molar-refractivity contribution in [2.45, 2.75) is 39.5 Å². The van der Waals surface area contributed by atoms with Crippen LogP contribution < -0.4 is 9.47 Å². The molecule has 0 saturated carbocycles. The van der Waals surface area contributed by atoms with Gasteiger partial charge in [-0.1, -0.05) is 26.7 Å². The molecule has 20 heavy (non-hydrogen) atoms. The van der Waals surface area contributed by atoms with Crippen LogP contribution in [-0.4, -0.2) is 24.3 Å². The molecule has 0 heterocycles. The first-order valence-electron chi connectivity index (χ1n) is 6.92. The van der Waals surface area contributed by atoms with Gasteiger partial charge in [-0.15, -0.1) is 0 Å². The van der Waals surface area contributed by atoms with E-state index in [1.165, 1.54) is 0 Å². The van der Waals surface area contributed by atoms with E-state index in [-0.39, 0.29) is 5.56 Å². The van der Waals surface area contributed by atoms with Crippen LogP contribution in [0.1, 0.15) is 49.9 Å². The Labute approximate surface area is 128 Å². The second kappa shape index (κ2) is 8.84. The third-order valence-electron chi connectivity index (χ3n) is 2.76. The Balaban J connectivity index is 2.92. The van der Waals surface area contributed by atoms with Gasteiger partial charge in [0.15, 0.2) is 0 Å². The maximum absolute atomic E-state index is 11.3. The summed E-state index contributed by atoms with van der Waals surface area (Å²) in [6, 6.07) is 3.32. The summed E-state index contributed by atoms with van der Waals surface area (Å²) >= 11 is 3.28. The first-order valence-corrected chi connectivity index (χ1v) is 7.71. The molecule has 0 aliphatic heterocycles. The van der Waals surface area contributed by atoms with Gasteiger partial charge in [-0.25, -0.2) is 4.79 Å². The fourth-order valence-electron chi connectivity index (χ4n) is 1.62. The van der Waals surface area contributed by atoms with Gasteiger partial charge in [0.25, 0.3) is 0 Å². The topological polar surface area (TPSA) is 55.8 Å². The van der Waals surface area contributed by atoms with Crippen LogP contribution in [0.4, 0.5) is 0 Å². The van der Waals surface area contributed by atoms with E-state index >= 15 is 0 Å². The van der Waals surface area contributed by atoms with E-state index in [0.29, 0.717) is 29.2 Å². The van der Waals surface area contributed by atoms with E-state index < -0.39 is 5.97 Å². The summed E-state index contributed by atoms with van der Waals surface area (Å²) in [5.41, 5.74) is 0.143. The van der Waals surface area contributed by atoms with Crippen LogP contribution in [0.3, 0.4) is 0 Å². The second-order valence-electron chi connectivity index (χ2n) is 4.49. The Hall–Kier alpha value is -1.23. The summed E-state index contributed by atoms with van der Waals surface area (Å²) in [5, 5.41) is 9.26. The number of halogens is 1. The highest BCUT2D eigenvalue weighted by Gasteiger charge is 2.17. The van der Waals surface area contributed by atoms with Gasteiger partial charge in [0.1, 0.15) is 17.1 Å². The van der Waals surface area contributed by atoms with E-state index in [2.05, 4.69) is 29.8 Å². The predicted octanol–water partition coefficient (Wildman–Crippen LogP) is 4.51. The zero-order valence-corrected chi connectivity index (χ0v) is 13.5. The van der Waals surface area contributed by atoms with Gasteiger partial charge in [-0.2, -0.15) is 0 Å². The highest BCUT2D eigenvalue weighted by atomic mass is 79.9. The predicted molar refractivity (Wildman–Crippen MR) is 81.9 cm³/mol. The Morgan fingerprint density at radius 3 is 2.30 bits per heavy atom. The molecule has 5 heteroatoms. The number of hydrogen-bond donors (Lipinski definition) is 1. The maximum atomic E-state index is 11.3. The highest BCUT2D eigenvalue weighted by Crippen LogP contribution is 2.33. The Morgan fingerprint density at radius 2 is 1.75 bits per heavy atom. The molecule has 0 aliphatic carbocycles. The van der Waals surface area contributed by atoms with Crippen LogP contribution in [0.5, 0.6) is 11.5 Å². The molecule has 1 aromatic rings. The molecule has 0 aliphatic rings. The average Bonchev–Trinajstić information content (AvgIpc) is 2.38. The molecule has 1 rings (SSSR count). The Kier molecular flexibility index (Phi) is 7.44. The average molecular weight is 345 g/mol. The molecule has 0 spiro atoms. The molecule has 0 atom stereocenters. The first-order chi connectivity index (χ1) is 9.60. The first kappa shape index (κ1) is 16.8. The highest BCUT2D eigenvalue weighted by molar-refractivity contribution is 9.10. The maximum Gasteiger partial charge on any atom is 0.340 e. The van der Waals surface area contributed by atoms with E-state index in [1.807, 2.05) is 0 Å². The third-order valence-corrected chi connectivity index (χ3v) is 3.39. The molecule has 0 amide bonds. The van der Waals surface area contributed by atoms with Crippen molar-refractivity contribution >= 4 is 21.9 Å². The van der Waals surface area contributed by atoms with Gasteiger partial charge < -0.3 is 14.6 Å². The molecule has 0 bridgehead atoms. The van der Waals surface area contributed by atoms with Crippen molar-refractivity contribution in [3.05, 3.63) is 22.2 Å². The molecule has 4 nitrogen and oxygen atoms in total. The van der Waals surface area contributed by atoms with E-state index in [4.69, 9.17) is 9.47 Å². The van der Waals surface area contributed by atoms with Gasteiger partial charge in [0.2, 0.25) is 0 Å². The van der Waals surface area contributed by atoms with Crippen molar-refractivity contribution in [1.29, 1.82) is 0 Å². The molecular formula is C15H21BrO4. The van der Waals surface area contributed by atoms with Crippen molar-refractivity contribution in [3.8, 4) is 11.5 Å². The number of aromatic carboxylic acids is 1. The molecule has 0 fully saturated rings. The lowest BCUT2D eigenvalue weighted by Gasteiger charge is -2.13. The summed E-state index contributed by atoms with van der Waals surface area (Å²) < 4.78 is 11.7. The Morgan fingerprint density at radius 1 is 1.15 bits per heavy atom. The lowest BCUT2D eigenvalue weighted by molar-refractivity contribution is 0.0691. The number of rotatable bonds is 9. The quantitative estimate of drug-likeness (QED) is 0.669. The fraction of sp³-hybridized carbons (Fsp3) is 0.533. The van der Waals surface area contributed by atoms with Gasteiger partial charge in [-0.3, -0.25) is 0 Å². The van der Waals surface area contributed by atoms with E-state index in [9.17, 15) is 9.90 Å². The van der Waals surface area contributed by atoms with Gasteiger partial charge in [0.05, 0.1) is 13.2 Å². The van der Waals surface area contributed by atoms with E-state index in [0.717, 1.165) is 25.7 Å². The largest absolute Gasteiger partial charge is 0.493 e. The van der Waals surface area contributed by atoms with Crippen LogP contribution in [0, 0.1) is 0 Å². The van der Waals surface area contributed by atoms with Crippen molar-refractivity contribution in [2.24, 2.45) is 0 Å². The standard InChI is InChI=1S/C15H21BrO4/c1-3-5-7-19-11-9-12(16)14(15(17)18)13(10-11)20-8-6-4-2/h9-10H,3-8H2,1-2H3,(H,17,18). The minimum Gasteiger partial charge on any atom is -0.493 e. The number of ether oxygens (including phenoxy) is 2. The molecule has 112 valence electrons. The molecule has 1 N–H and O–H groups in total. The smallest absolute Gasteiger partial charge is 0.340 e. The number of carboxylic acids is 1. The SMILES string of the molecule is CCCCOc1cc(Br)c(C(=O)O)c(OCCCC)c1. The van der Waals surface area contributed by atoms with Crippen molar-refractivity contribution < 1.29 is 19.4 Å². The normalized spacial score (nSPS) is 10.3. The summed E-state index contributed by atoms with van der Waals surface area (Å²) in [6.45, 7) is 5.26. The van der Waals surface area contributed by atoms with Crippen LogP contribution >= 0.6 is 15.9 Å². The zero-order valence-electron chi connectivity index (χ0n) is 11.9. The Bertz CT molecular complexity index is 446. The molecule has 0 unspecified atom stereocenters. The van der Waals surface area contributed by atoms with Crippen molar-refractivity contribution in [1.82, 2.24) is 0 Å². The van der Waals surface area contributed by atoms with Crippen LogP contribution in [0.25, 0.3) is 0 Å². The van der Waals surface area contributed by atoms with Crippen LogP contribution in [0.15, 0.2) is 16.6 Å². The summed E-state index contributed by atoms with van der Waals surface area (Å²) in [7, 11) is 0. The fourth-order valence-corrected chi connectivity index (χ4v) is 2.21. The lowest BCUT2D eigenvalue weighted by Crippen LogP contribution is -2.06. The van der Waals surface area contributed by atoms with Gasteiger partial charge in [0, 0.05) is 10.5 Å². The monoisotopic (exact) mass is 344 g/mol. The molecular weight excluding hydrogens is 324 g/mol. The second-order valence-corrected chi connectivity index (χ2v) is 5.34. The summed E-state index contributed by atoms with van der Waals surface area (Å²) in [6.07, 6.45) is 3.90. The number of carbonyl (C=O) groups is 1. The van der Waals surface area contributed by atoms with Crippen molar-refractivity contribution in [2.75, 3.05) is 13.2 Å². The minimum atomic E-state index is -1.01. The number of carboxylic acid groups (broad SMARTS) is 1.